The molecule has 0 aliphatic carbocycles. The number of nitrogens with one attached hydrogen (secondary N) is 2. The Kier molecular flexibility index (Phi) is 6.06. The molecule has 1 unspecified atom stereocenters. The van der Waals surface area contributed by atoms with E-state index in [0.717, 1.165) is 34.6 Å². The van der Waals surface area contributed by atoms with Crippen LogP contribution in [0.2, 0.25) is 0 Å². The van der Waals surface area contributed by atoms with E-state index < -0.39 is 7.12 Å². The molecule has 0 spiro atoms. The fourth-order valence-electron chi connectivity index (χ4n) is 4.64. The molecule has 1 aromatic rings. The topological polar surface area (TPSA) is 84.4 Å². The summed E-state index contributed by atoms with van der Waals surface area (Å²) < 4.78 is 17.8. The van der Waals surface area contributed by atoms with Crippen LogP contribution in [-0.4, -0.2) is 66.9 Å². The molecule has 8 nitrogen and oxygen atoms in total. The van der Waals surface area contributed by atoms with E-state index in [-0.39, 0.29) is 29.3 Å². The number of carbonyl (C=O) groups excluding carboxylic acids is 1. The Morgan fingerprint density at radius 1 is 1.14 bits per heavy atom. The lowest BCUT2D eigenvalue weighted by Gasteiger charge is -2.32. The third-order valence-electron chi connectivity index (χ3n) is 7.60. The van der Waals surface area contributed by atoms with Crippen molar-refractivity contribution in [1.29, 1.82) is 0 Å². The molecule has 1 aromatic carbocycles. The Bertz CT molecular complexity index is 1090. The van der Waals surface area contributed by atoms with Gasteiger partial charge in [-0.25, -0.2) is 4.99 Å². The van der Waals surface area contributed by atoms with Gasteiger partial charge < -0.3 is 29.6 Å². The number of anilines is 1. The highest BCUT2D eigenvalue weighted by atomic mass is 16.7. The molecule has 5 rings (SSSR count). The maximum absolute atomic E-state index is 13.2. The molecule has 35 heavy (non-hydrogen) atoms. The fourth-order valence-corrected chi connectivity index (χ4v) is 4.64. The summed E-state index contributed by atoms with van der Waals surface area (Å²) in [5.74, 6) is 0.758. The third kappa shape index (κ3) is 4.41. The van der Waals surface area contributed by atoms with E-state index in [4.69, 9.17) is 19.0 Å². The average molecular weight is 478 g/mol. The normalized spacial score (nSPS) is 25.5. The second-order valence-corrected chi connectivity index (χ2v) is 10.8. The van der Waals surface area contributed by atoms with Crippen molar-refractivity contribution < 1.29 is 18.8 Å². The van der Waals surface area contributed by atoms with E-state index in [9.17, 15) is 4.79 Å². The molecule has 4 aliphatic heterocycles. The molecule has 0 saturated carbocycles. The number of rotatable bonds is 4. The molecule has 2 N–H and O–H groups in total. The van der Waals surface area contributed by atoms with Crippen molar-refractivity contribution in [2.45, 2.75) is 71.4 Å². The van der Waals surface area contributed by atoms with Crippen LogP contribution >= 0.6 is 0 Å². The van der Waals surface area contributed by atoms with Crippen molar-refractivity contribution in [2.24, 2.45) is 4.99 Å². The van der Waals surface area contributed by atoms with Crippen LogP contribution in [0.4, 0.5) is 5.69 Å². The molecule has 0 radical (unpaired) electrons. The Morgan fingerprint density at radius 2 is 1.83 bits per heavy atom. The van der Waals surface area contributed by atoms with Gasteiger partial charge in [0.1, 0.15) is 17.7 Å². The SMILES string of the molecule is CC(C)N1CC2=C(NC(C3=CCOCC3)N=C2Nc2ccc(B3OC(C)(C)C(C)(C)O3)cc2)C1=O. The highest BCUT2D eigenvalue weighted by molar-refractivity contribution is 6.62. The zero-order valence-corrected chi connectivity index (χ0v) is 21.5. The maximum atomic E-state index is 13.2. The van der Waals surface area contributed by atoms with Crippen LogP contribution in [0.1, 0.15) is 48.0 Å². The van der Waals surface area contributed by atoms with E-state index >= 15 is 0 Å². The predicted molar refractivity (Wildman–Crippen MR) is 138 cm³/mol. The minimum absolute atomic E-state index is 0.0259. The Morgan fingerprint density at radius 3 is 2.43 bits per heavy atom. The minimum Gasteiger partial charge on any atom is -0.399 e. The minimum atomic E-state index is -0.406. The molecule has 186 valence electrons. The van der Waals surface area contributed by atoms with Gasteiger partial charge in [-0.3, -0.25) is 4.79 Å². The van der Waals surface area contributed by atoms with Gasteiger partial charge in [0.25, 0.3) is 5.91 Å². The maximum Gasteiger partial charge on any atom is 0.494 e. The standard InChI is InChI=1S/C26H35BN4O4/c1-16(2)31-15-20-21(24(31)32)29-22(17-11-13-33-14-12-17)30-23(20)28-19-9-7-18(8-10-19)27-34-25(3,4)26(5,6)35-27/h7-11,16,22,29H,12-15H2,1-6H3,(H,28,30). The first-order valence-corrected chi connectivity index (χ1v) is 12.4. The Balaban J connectivity index is 1.39. The zero-order chi connectivity index (χ0) is 25.0. The number of aliphatic imine (C=N–C) groups is 1. The summed E-state index contributed by atoms with van der Waals surface area (Å²) in [6, 6.07) is 8.15. The summed E-state index contributed by atoms with van der Waals surface area (Å²) in [4.78, 5) is 20.0. The average Bonchev–Trinajstić information content (AvgIpc) is 3.27. The summed E-state index contributed by atoms with van der Waals surface area (Å²) in [5, 5.41) is 6.89. The van der Waals surface area contributed by atoms with Gasteiger partial charge in [-0.05, 0) is 71.1 Å². The lowest BCUT2D eigenvalue weighted by atomic mass is 9.79. The van der Waals surface area contributed by atoms with Crippen LogP contribution in [0.15, 0.2) is 52.2 Å². The van der Waals surface area contributed by atoms with Crippen molar-refractivity contribution in [2.75, 3.05) is 25.1 Å². The van der Waals surface area contributed by atoms with Gasteiger partial charge in [0.2, 0.25) is 0 Å². The molecule has 1 amide bonds. The molecular formula is C26H35BN4O4. The zero-order valence-electron chi connectivity index (χ0n) is 21.5. The van der Waals surface area contributed by atoms with Gasteiger partial charge in [0.15, 0.2) is 0 Å². The van der Waals surface area contributed by atoms with Crippen LogP contribution in [0, 0.1) is 0 Å². The summed E-state index contributed by atoms with van der Waals surface area (Å²) in [6.07, 6.45) is 2.58. The van der Waals surface area contributed by atoms with E-state index in [0.29, 0.717) is 25.5 Å². The number of amides is 1. The summed E-state index contributed by atoms with van der Waals surface area (Å²) in [7, 11) is -0.406. The van der Waals surface area contributed by atoms with Gasteiger partial charge in [-0.1, -0.05) is 18.2 Å². The highest BCUT2D eigenvalue weighted by Gasteiger charge is 2.51. The molecule has 1 atom stereocenters. The van der Waals surface area contributed by atoms with Crippen molar-refractivity contribution in [3.05, 3.63) is 47.2 Å². The van der Waals surface area contributed by atoms with Crippen LogP contribution < -0.4 is 16.1 Å². The summed E-state index contributed by atoms with van der Waals surface area (Å²) in [5.41, 5.74) is 3.79. The third-order valence-corrected chi connectivity index (χ3v) is 7.60. The molecule has 4 heterocycles. The van der Waals surface area contributed by atoms with E-state index in [2.05, 4.69) is 44.4 Å². The first kappa shape index (κ1) is 24.1. The predicted octanol–water partition coefficient (Wildman–Crippen LogP) is 2.58. The summed E-state index contributed by atoms with van der Waals surface area (Å²) in [6.45, 7) is 14.1. The van der Waals surface area contributed by atoms with Gasteiger partial charge in [-0.15, -0.1) is 0 Å². The molecule has 0 bridgehead atoms. The molecule has 1 fully saturated rings. The van der Waals surface area contributed by atoms with E-state index in [1.54, 1.807) is 0 Å². The monoisotopic (exact) mass is 478 g/mol. The van der Waals surface area contributed by atoms with Crippen molar-refractivity contribution in [1.82, 2.24) is 10.2 Å². The van der Waals surface area contributed by atoms with E-state index in [1.165, 1.54) is 0 Å². The number of carbonyl (C=O) groups is 1. The molecule has 9 heteroatoms. The van der Waals surface area contributed by atoms with Crippen LogP contribution in [0.25, 0.3) is 0 Å². The number of hydrogen-bond acceptors (Lipinski definition) is 7. The van der Waals surface area contributed by atoms with Crippen LogP contribution in [-0.2, 0) is 18.8 Å². The number of ether oxygens (including phenoxy) is 1. The Labute approximate surface area is 207 Å². The lowest BCUT2D eigenvalue weighted by molar-refractivity contribution is -0.127. The number of nitrogens with zero attached hydrogens (tertiary/aromatic N) is 2. The van der Waals surface area contributed by atoms with Crippen molar-refractivity contribution in [3.63, 3.8) is 0 Å². The number of hydrogen-bond donors (Lipinski definition) is 2. The molecule has 4 aliphatic rings. The van der Waals surface area contributed by atoms with Crippen molar-refractivity contribution >= 4 is 30.0 Å². The molecular weight excluding hydrogens is 443 g/mol. The first-order valence-electron chi connectivity index (χ1n) is 12.4. The lowest BCUT2D eigenvalue weighted by Crippen LogP contribution is -2.41. The second-order valence-electron chi connectivity index (χ2n) is 10.8. The van der Waals surface area contributed by atoms with Gasteiger partial charge in [0.05, 0.1) is 31.0 Å². The number of benzene rings is 1. The van der Waals surface area contributed by atoms with Crippen LogP contribution in [0.3, 0.4) is 0 Å². The smallest absolute Gasteiger partial charge is 0.399 e. The van der Waals surface area contributed by atoms with E-state index in [1.807, 2.05) is 43.0 Å². The fraction of sp³-hybridized carbons (Fsp3) is 0.538. The first-order chi connectivity index (χ1) is 16.6. The van der Waals surface area contributed by atoms with Gasteiger partial charge in [-0.2, -0.15) is 0 Å². The molecule has 0 aromatic heterocycles. The highest BCUT2D eigenvalue weighted by Crippen LogP contribution is 2.36. The largest absolute Gasteiger partial charge is 0.494 e. The summed E-state index contributed by atoms with van der Waals surface area (Å²) >= 11 is 0. The van der Waals surface area contributed by atoms with Gasteiger partial charge >= 0.3 is 7.12 Å². The second kappa shape index (κ2) is 8.80. The Hall–Kier alpha value is -2.62. The van der Waals surface area contributed by atoms with Crippen molar-refractivity contribution in [3.8, 4) is 0 Å². The molecule has 1 saturated heterocycles. The van der Waals surface area contributed by atoms with Gasteiger partial charge in [0, 0.05) is 17.3 Å². The quantitative estimate of drug-likeness (QED) is 0.512. The van der Waals surface area contributed by atoms with Crippen LogP contribution in [0.5, 0.6) is 0 Å². The number of amidine groups is 1.